The fourth-order valence-electron chi connectivity index (χ4n) is 4.53. The van der Waals surface area contributed by atoms with Gasteiger partial charge in [0.15, 0.2) is 0 Å². The Morgan fingerprint density at radius 3 is 2.79 bits per heavy atom. The number of fused-ring (bicyclic) bond motifs is 1. The van der Waals surface area contributed by atoms with Gasteiger partial charge in [-0.3, -0.25) is 14.3 Å². The number of H-pyrrole nitrogens is 1. The number of hydrogen-bond donors (Lipinski definition) is 2. The summed E-state index contributed by atoms with van der Waals surface area (Å²) in [5.41, 5.74) is 3.33. The first-order chi connectivity index (χ1) is 13.7. The number of carbonyl (C=O) groups is 1. The molecule has 4 rings (SSSR count). The van der Waals surface area contributed by atoms with Gasteiger partial charge in [-0.15, -0.1) is 0 Å². The third-order valence-electron chi connectivity index (χ3n) is 6.07. The molecule has 0 bridgehead atoms. The Kier molecular flexibility index (Phi) is 5.95. The summed E-state index contributed by atoms with van der Waals surface area (Å²) in [6.07, 6.45) is 10.1. The zero-order valence-corrected chi connectivity index (χ0v) is 16.5. The summed E-state index contributed by atoms with van der Waals surface area (Å²) in [4.78, 5) is 29.8. The van der Waals surface area contributed by atoms with Gasteiger partial charge in [0.05, 0.1) is 17.6 Å². The first-order valence-electron chi connectivity index (χ1n) is 10.6. The number of imidazole rings is 1. The summed E-state index contributed by atoms with van der Waals surface area (Å²) >= 11 is 0. The Hall–Kier alpha value is -2.34. The van der Waals surface area contributed by atoms with Crippen LogP contribution < -0.4 is 11.0 Å². The topological polar surface area (TPSA) is 70.1 Å². The maximum absolute atomic E-state index is 12.4. The van der Waals surface area contributed by atoms with Crippen molar-refractivity contribution in [2.45, 2.75) is 51.0 Å². The lowest BCUT2D eigenvalue weighted by Gasteiger charge is -2.32. The summed E-state index contributed by atoms with van der Waals surface area (Å²) in [5, 5.41) is 3.07. The highest BCUT2D eigenvalue weighted by Gasteiger charge is 2.24. The van der Waals surface area contributed by atoms with Crippen molar-refractivity contribution in [3.63, 3.8) is 0 Å². The summed E-state index contributed by atoms with van der Waals surface area (Å²) in [6, 6.07) is 8.04. The first-order valence-corrected chi connectivity index (χ1v) is 10.6. The SMILES string of the molecule is O=C(CN1CCC(n2c(=O)[nH]c3ccccc32)CC1)NCCC1=CCCCC1. The van der Waals surface area contributed by atoms with Crippen LogP contribution in [0, 0.1) is 0 Å². The quantitative estimate of drug-likeness (QED) is 0.755. The van der Waals surface area contributed by atoms with Crippen molar-refractivity contribution in [3.05, 3.63) is 46.4 Å². The van der Waals surface area contributed by atoms with Crippen LogP contribution in [0.15, 0.2) is 40.7 Å². The number of hydrogen-bond acceptors (Lipinski definition) is 3. The van der Waals surface area contributed by atoms with E-state index in [0.717, 1.165) is 49.9 Å². The van der Waals surface area contributed by atoms with Crippen molar-refractivity contribution in [3.8, 4) is 0 Å². The molecule has 2 aromatic rings. The molecule has 6 heteroatoms. The average Bonchev–Trinajstić information content (AvgIpc) is 3.05. The zero-order valence-electron chi connectivity index (χ0n) is 16.5. The van der Waals surface area contributed by atoms with E-state index in [0.29, 0.717) is 6.54 Å². The van der Waals surface area contributed by atoms with Crippen molar-refractivity contribution in [2.24, 2.45) is 0 Å². The average molecular weight is 383 g/mol. The highest BCUT2D eigenvalue weighted by atomic mass is 16.2. The number of carbonyl (C=O) groups excluding carboxylic acids is 1. The van der Waals surface area contributed by atoms with Gasteiger partial charge in [0.1, 0.15) is 0 Å². The van der Waals surface area contributed by atoms with E-state index in [1.165, 1.54) is 31.3 Å². The number of piperidine rings is 1. The second kappa shape index (κ2) is 8.78. The van der Waals surface area contributed by atoms with E-state index in [4.69, 9.17) is 0 Å². The van der Waals surface area contributed by atoms with Crippen molar-refractivity contribution in [1.82, 2.24) is 19.8 Å². The molecule has 150 valence electrons. The Balaban J connectivity index is 1.25. The van der Waals surface area contributed by atoms with Gasteiger partial charge in [-0.05, 0) is 57.1 Å². The van der Waals surface area contributed by atoms with Gasteiger partial charge < -0.3 is 10.3 Å². The van der Waals surface area contributed by atoms with Crippen LogP contribution in [0.1, 0.15) is 51.0 Å². The third kappa shape index (κ3) is 4.38. The van der Waals surface area contributed by atoms with Gasteiger partial charge in [0, 0.05) is 25.7 Å². The van der Waals surface area contributed by atoms with Gasteiger partial charge in [0.2, 0.25) is 5.91 Å². The molecule has 0 saturated carbocycles. The Morgan fingerprint density at radius 2 is 2.00 bits per heavy atom. The van der Waals surface area contributed by atoms with Gasteiger partial charge >= 0.3 is 5.69 Å². The Morgan fingerprint density at radius 1 is 1.18 bits per heavy atom. The van der Waals surface area contributed by atoms with E-state index in [1.54, 1.807) is 0 Å². The summed E-state index contributed by atoms with van der Waals surface area (Å²) < 4.78 is 1.89. The predicted octanol–water partition coefficient (Wildman–Crippen LogP) is 2.97. The number of allylic oxidation sites excluding steroid dienone is 1. The van der Waals surface area contributed by atoms with E-state index < -0.39 is 0 Å². The lowest BCUT2D eigenvalue weighted by atomic mass is 9.97. The number of nitrogens with one attached hydrogen (secondary N) is 2. The number of rotatable bonds is 6. The van der Waals surface area contributed by atoms with Gasteiger partial charge in [-0.1, -0.05) is 23.8 Å². The molecule has 0 atom stereocenters. The van der Waals surface area contributed by atoms with Crippen LogP contribution in [0.3, 0.4) is 0 Å². The van der Waals surface area contributed by atoms with Crippen LogP contribution >= 0.6 is 0 Å². The Bertz CT molecular complexity index is 903. The summed E-state index contributed by atoms with van der Waals surface area (Å²) in [6.45, 7) is 2.88. The van der Waals surface area contributed by atoms with Gasteiger partial charge in [-0.2, -0.15) is 0 Å². The second-order valence-corrected chi connectivity index (χ2v) is 8.03. The van der Waals surface area contributed by atoms with Crippen LogP contribution in [-0.4, -0.2) is 46.5 Å². The van der Waals surface area contributed by atoms with Crippen molar-refractivity contribution >= 4 is 16.9 Å². The molecule has 6 nitrogen and oxygen atoms in total. The van der Waals surface area contributed by atoms with E-state index >= 15 is 0 Å². The molecule has 0 radical (unpaired) electrons. The number of benzene rings is 1. The number of aromatic nitrogens is 2. The minimum Gasteiger partial charge on any atom is -0.355 e. The normalized spacial score (nSPS) is 18.9. The van der Waals surface area contributed by atoms with E-state index in [1.807, 2.05) is 28.8 Å². The second-order valence-electron chi connectivity index (χ2n) is 8.03. The van der Waals surface area contributed by atoms with Crippen molar-refractivity contribution < 1.29 is 4.79 Å². The molecule has 1 fully saturated rings. The van der Waals surface area contributed by atoms with Crippen LogP contribution in [0.5, 0.6) is 0 Å². The molecular formula is C22H30N4O2. The molecule has 1 aromatic heterocycles. The maximum Gasteiger partial charge on any atom is 0.326 e. The molecule has 0 unspecified atom stereocenters. The first kappa shape index (κ1) is 19.0. The molecule has 2 heterocycles. The third-order valence-corrected chi connectivity index (χ3v) is 6.07. The van der Waals surface area contributed by atoms with Crippen molar-refractivity contribution in [2.75, 3.05) is 26.2 Å². The molecule has 0 spiro atoms. The molecule has 1 aromatic carbocycles. The number of nitrogens with zero attached hydrogens (tertiary/aromatic N) is 2. The fourth-order valence-corrected chi connectivity index (χ4v) is 4.53. The smallest absolute Gasteiger partial charge is 0.326 e. The standard InChI is InChI=1S/C22H30N4O2/c27-21(23-13-10-17-6-2-1-3-7-17)16-25-14-11-18(12-15-25)26-20-9-5-4-8-19(20)24-22(26)28/h4-6,8-9,18H,1-3,7,10-16H2,(H,23,27)(H,24,28). The summed E-state index contributed by atoms with van der Waals surface area (Å²) in [7, 11) is 0. The molecule has 1 saturated heterocycles. The highest BCUT2D eigenvalue weighted by Crippen LogP contribution is 2.24. The van der Waals surface area contributed by atoms with Gasteiger partial charge in [0.25, 0.3) is 0 Å². The van der Waals surface area contributed by atoms with E-state index in [-0.39, 0.29) is 17.6 Å². The predicted molar refractivity (Wildman–Crippen MR) is 111 cm³/mol. The lowest BCUT2D eigenvalue weighted by molar-refractivity contribution is -0.122. The number of para-hydroxylation sites is 2. The molecule has 28 heavy (non-hydrogen) atoms. The number of likely N-dealkylation sites (tertiary alicyclic amines) is 1. The molecular weight excluding hydrogens is 352 g/mol. The molecule has 2 aliphatic rings. The molecule has 2 N–H and O–H groups in total. The summed E-state index contributed by atoms with van der Waals surface area (Å²) in [5.74, 6) is 0.110. The van der Waals surface area contributed by atoms with Crippen molar-refractivity contribution in [1.29, 1.82) is 0 Å². The minimum absolute atomic E-state index is 0.0330. The van der Waals surface area contributed by atoms with Crippen LogP contribution in [0.2, 0.25) is 0 Å². The van der Waals surface area contributed by atoms with Crippen LogP contribution in [0.25, 0.3) is 11.0 Å². The fraction of sp³-hybridized carbons (Fsp3) is 0.545. The Labute approximate surface area is 165 Å². The molecule has 1 amide bonds. The monoisotopic (exact) mass is 382 g/mol. The number of aromatic amines is 1. The van der Waals surface area contributed by atoms with E-state index in [9.17, 15) is 9.59 Å². The zero-order chi connectivity index (χ0) is 19.3. The van der Waals surface area contributed by atoms with E-state index in [2.05, 4.69) is 21.3 Å². The minimum atomic E-state index is -0.0330. The van der Waals surface area contributed by atoms with Crippen LogP contribution in [0.4, 0.5) is 0 Å². The molecule has 1 aliphatic carbocycles. The largest absolute Gasteiger partial charge is 0.355 e. The lowest BCUT2D eigenvalue weighted by Crippen LogP contribution is -2.43. The maximum atomic E-state index is 12.4. The number of amides is 1. The highest BCUT2D eigenvalue weighted by molar-refractivity contribution is 5.78. The van der Waals surface area contributed by atoms with Crippen LogP contribution in [-0.2, 0) is 4.79 Å². The van der Waals surface area contributed by atoms with Gasteiger partial charge in [-0.25, -0.2) is 4.79 Å². The molecule has 1 aliphatic heterocycles.